The van der Waals surface area contributed by atoms with Crippen molar-refractivity contribution in [2.24, 2.45) is 5.92 Å². The van der Waals surface area contributed by atoms with Crippen LogP contribution in [0.3, 0.4) is 0 Å². The highest BCUT2D eigenvalue weighted by atomic mass is 16.6. The third-order valence-corrected chi connectivity index (χ3v) is 5.19. The van der Waals surface area contributed by atoms with Gasteiger partial charge in [-0.15, -0.1) is 0 Å². The summed E-state index contributed by atoms with van der Waals surface area (Å²) in [7, 11) is 1.31. The molecule has 8 heteroatoms. The van der Waals surface area contributed by atoms with E-state index in [0.717, 1.165) is 0 Å². The van der Waals surface area contributed by atoms with E-state index >= 15 is 0 Å². The van der Waals surface area contributed by atoms with Crippen molar-refractivity contribution < 1.29 is 38.1 Å². The van der Waals surface area contributed by atoms with Gasteiger partial charge in [-0.25, -0.2) is 9.59 Å². The summed E-state index contributed by atoms with van der Waals surface area (Å²) in [5.74, 6) is -0.741. The molecule has 0 amide bonds. The zero-order valence-electron chi connectivity index (χ0n) is 17.3. The van der Waals surface area contributed by atoms with Crippen molar-refractivity contribution in [1.29, 1.82) is 0 Å². The quantitative estimate of drug-likeness (QED) is 0.624. The Kier molecular flexibility index (Phi) is 7.10. The van der Waals surface area contributed by atoms with Crippen LogP contribution in [0.5, 0.6) is 5.75 Å². The predicted molar refractivity (Wildman–Crippen MR) is 105 cm³/mol. The van der Waals surface area contributed by atoms with Crippen molar-refractivity contribution in [3.05, 3.63) is 41.9 Å². The van der Waals surface area contributed by atoms with Crippen LogP contribution in [-0.2, 0) is 28.5 Å². The van der Waals surface area contributed by atoms with E-state index in [1.54, 1.807) is 38.1 Å². The lowest BCUT2D eigenvalue weighted by atomic mass is 9.80. The number of carbonyl (C=O) groups excluding carboxylic acids is 3. The Morgan fingerprint density at radius 3 is 2.60 bits per heavy atom. The normalized spacial score (nSPS) is 24.0. The molecule has 1 heterocycles. The van der Waals surface area contributed by atoms with Crippen LogP contribution < -0.4 is 4.74 Å². The molecule has 1 aliphatic heterocycles. The summed E-state index contributed by atoms with van der Waals surface area (Å²) >= 11 is 0. The van der Waals surface area contributed by atoms with Crippen molar-refractivity contribution in [3.63, 3.8) is 0 Å². The van der Waals surface area contributed by atoms with E-state index in [4.69, 9.17) is 18.9 Å². The Morgan fingerprint density at radius 2 is 1.93 bits per heavy atom. The molecule has 4 unspecified atom stereocenters. The number of esters is 2. The van der Waals surface area contributed by atoms with Crippen LogP contribution in [-0.4, -0.2) is 49.8 Å². The minimum absolute atomic E-state index is 0.125. The van der Waals surface area contributed by atoms with Gasteiger partial charge in [0.1, 0.15) is 18.1 Å². The molecule has 30 heavy (non-hydrogen) atoms. The zero-order chi connectivity index (χ0) is 21.7. The molecule has 0 bridgehead atoms. The molecule has 0 radical (unpaired) electrons. The topological polar surface area (TPSA) is 97.4 Å². The molecule has 0 aromatic heterocycles. The van der Waals surface area contributed by atoms with Gasteiger partial charge < -0.3 is 23.7 Å². The molecular weight excluding hydrogens is 392 g/mol. The van der Waals surface area contributed by atoms with Gasteiger partial charge in [0.15, 0.2) is 6.10 Å². The lowest BCUT2D eigenvalue weighted by Crippen LogP contribution is -2.43. The molecule has 2 aliphatic rings. The van der Waals surface area contributed by atoms with Crippen molar-refractivity contribution in [2.75, 3.05) is 13.7 Å². The molecule has 162 valence electrons. The minimum atomic E-state index is -0.659. The Labute approximate surface area is 175 Å². The van der Waals surface area contributed by atoms with Gasteiger partial charge in [-0.2, -0.15) is 0 Å². The van der Waals surface area contributed by atoms with Crippen molar-refractivity contribution in [3.8, 4) is 5.75 Å². The van der Waals surface area contributed by atoms with Gasteiger partial charge in [0.05, 0.1) is 31.3 Å². The molecule has 1 saturated carbocycles. The van der Waals surface area contributed by atoms with Gasteiger partial charge in [0.25, 0.3) is 0 Å². The average molecular weight is 418 g/mol. The maximum Gasteiger partial charge on any atom is 0.337 e. The number of benzene rings is 1. The monoisotopic (exact) mass is 418 g/mol. The van der Waals surface area contributed by atoms with E-state index in [1.165, 1.54) is 13.4 Å². The van der Waals surface area contributed by atoms with Crippen molar-refractivity contribution >= 4 is 17.7 Å². The van der Waals surface area contributed by atoms with Gasteiger partial charge in [-0.05, 0) is 51.0 Å². The number of rotatable bonds is 7. The number of Topliss-reactive ketones (excluding diaryl/α,β-unsaturated/α-hetero) is 1. The number of ether oxygens (including phenoxy) is 5. The summed E-state index contributed by atoms with van der Waals surface area (Å²) in [4.78, 5) is 36.1. The Balaban J connectivity index is 1.58. The Morgan fingerprint density at radius 1 is 1.20 bits per heavy atom. The maximum atomic E-state index is 12.8. The van der Waals surface area contributed by atoms with E-state index < -0.39 is 18.0 Å². The first kappa shape index (κ1) is 21.8. The highest BCUT2D eigenvalue weighted by Gasteiger charge is 2.42. The number of fused-ring (bicyclic) bond motifs is 1. The molecule has 1 aromatic rings. The number of hydrogen-bond donors (Lipinski definition) is 0. The number of carbonyl (C=O) groups is 3. The number of hydrogen-bond acceptors (Lipinski definition) is 8. The van der Waals surface area contributed by atoms with E-state index in [0.29, 0.717) is 37.2 Å². The van der Waals surface area contributed by atoms with Crippen LogP contribution in [0.25, 0.3) is 0 Å². The van der Waals surface area contributed by atoms with Crippen LogP contribution in [0.15, 0.2) is 36.3 Å². The number of allylic oxidation sites excluding steroid dienone is 1. The molecule has 0 saturated heterocycles. The average Bonchev–Trinajstić information content (AvgIpc) is 2.75. The molecule has 3 rings (SSSR count). The molecule has 1 aromatic carbocycles. The van der Waals surface area contributed by atoms with E-state index in [9.17, 15) is 14.4 Å². The summed E-state index contributed by atoms with van der Waals surface area (Å²) in [6.07, 6.45) is 1.90. The van der Waals surface area contributed by atoms with E-state index in [-0.39, 0.29) is 29.7 Å². The van der Waals surface area contributed by atoms with Crippen LogP contribution in [0, 0.1) is 5.92 Å². The molecular formula is C22H26O8. The fourth-order valence-electron chi connectivity index (χ4n) is 3.64. The zero-order valence-corrected chi connectivity index (χ0v) is 17.3. The first-order valence-electron chi connectivity index (χ1n) is 10.0. The van der Waals surface area contributed by atoms with Gasteiger partial charge >= 0.3 is 11.9 Å². The smallest absolute Gasteiger partial charge is 0.337 e. The summed E-state index contributed by atoms with van der Waals surface area (Å²) in [5, 5.41) is 0. The van der Waals surface area contributed by atoms with Gasteiger partial charge in [0.2, 0.25) is 11.5 Å². The maximum absolute atomic E-state index is 12.8. The van der Waals surface area contributed by atoms with Crippen molar-refractivity contribution in [2.45, 2.75) is 51.4 Å². The lowest BCUT2D eigenvalue weighted by Gasteiger charge is -2.37. The highest BCUT2D eigenvalue weighted by Crippen LogP contribution is 2.35. The highest BCUT2D eigenvalue weighted by molar-refractivity contribution is 5.96. The minimum Gasteiger partial charge on any atom is -0.493 e. The standard InChI is InChI=1S/C22H26O8/c1-4-27-21(24)13(2)29-16-9-10-17-18(11-16)28-12-19(20(17)23)30-15-7-5-14(6-8-15)22(25)26-3/h5-8,12-13,16-18H,4,9-11H2,1-3H3. The van der Waals surface area contributed by atoms with Crippen LogP contribution in [0.4, 0.5) is 0 Å². The summed E-state index contributed by atoms with van der Waals surface area (Å²) in [6, 6.07) is 6.31. The number of methoxy groups -OCH3 is 1. The fraction of sp³-hybridized carbons (Fsp3) is 0.500. The number of ketones is 1. The summed E-state index contributed by atoms with van der Waals surface area (Å²) in [6.45, 7) is 3.71. The predicted octanol–water partition coefficient (Wildman–Crippen LogP) is 2.80. The second-order valence-corrected chi connectivity index (χ2v) is 7.21. The van der Waals surface area contributed by atoms with Gasteiger partial charge in [-0.3, -0.25) is 4.79 Å². The molecule has 1 fully saturated rings. The molecule has 0 N–H and O–H groups in total. The third kappa shape index (κ3) is 4.99. The molecule has 1 aliphatic carbocycles. The van der Waals surface area contributed by atoms with Gasteiger partial charge in [0, 0.05) is 6.42 Å². The molecule has 4 atom stereocenters. The Bertz CT molecular complexity index is 813. The van der Waals surface area contributed by atoms with E-state index in [2.05, 4.69) is 4.74 Å². The van der Waals surface area contributed by atoms with Crippen LogP contribution in [0.2, 0.25) is 0 Å². The van der Waals surface area contributed by atoms with Gasteiger partial charge in [-0.1, -0.05) is 0 Å². The van der Waals surface area contributed by atoms with Crippen LogP contribution >= 0.6 is 0 Å². The first-order valence-corrected chi connectivity index (χ1v) is 10.0. The second-order valence-electron chi connectivity index (χ2n) is 7.21. The van der Waals surface area contributed by atoms with Crippen molar-refractivity contribution in [1.82, 2.24) is 0 Å². The largest absolute Gasteiger partial charge is 0.493 e. The first-order chi connectivity index (χ1) is 14.4. The SMILES string of the molecule is CCOC(=O)C(C)OC1CCC2C(=O)C(Oc3ccc(C(=O)OC)cc3)=COC2C1. The third-order valence-electron chi connectivity index (χ3n) is 5.19. The lowest BCUT2D eigenvalue weighted by molar-refractivity contribution is -0.164. The summed E-state index contributed by atoms with van der Waals surface area (Å²) < 4.78 is 26.9. The van der Waals surface area contributed by atoms with Crippen LogP contribution in [0.1, 0.15) is 43.5 Å². The fourth-order valence-corrected chi connectivity index (χ4v) is 3.64. The Hall–Kier alpha value is -2.87. The molecule has 8 nitrogen and oxygen atoms in total. The van der Waals surface area contributed by atoms with E-state index in [1.807, 2.05) is 0 Å². The second kappa shape index (κ2) is 9.75. The molecule has 0 spiro atoms. The summed E-state index contributed by atoms with van der Waals surface area (Å²) in [5.41, 5.74) is 0.389.